The first-order valence-electron chi connectivity index (χ1n) is 8.11. The highest BCUT2D eigenvalue weighted by atomic mass is 15.2. The average Bonchev–Trinajstić information content (AvgIpc) is 2.77. The largest absolute Gasteiger partial charge is 0.310 e. The van der Waals surface area contributed by atoms with Gasteiger partial charge in [-0.15, -0.1) is 0 Å². The molecule has 0 aromatic heterocycles. The first-order valence-corrected chi connectivity index (χ1v) is 8.11. The lowest BCUT2D eigenvalue weighted by molar-refractivity contribution is 0.0937. The van der Waals surface area contributed by atoms with E-state index in [-0.39, 0.29) is 0 Å². The lowest BCUT2D eigenvalue weighted by Gasteiger charge is -2.41. The van der Waals surface area contributed by atoms with Crippen molar-refractivity contribution in [3.63, 3.8) is 0 Å². The van der Waals surface area contributed by atoms with Crippen LogP contribution < -0.4 is 5.32 Å². The Morgan fingerprint density at radius 3 is 2.00 bits per heavy atom. The molecule has 3 nitrogen and oxygen atoms in total. The second kappa shape index (κ2) is 6.11. The molecular weight excluding hydrogens is 234 g/mol. The van der Waals surface area contributed by atoms with Gasteiger partial charge in [0.15, 0.2) is 0 Å². The van der Waals surface area contributed by atoms with Crippen molar-refractivity contribution in [3.8, 4) is 0 Å². The number of hydrogen-bond donors (Lipinski definition) is 1. The minimum absolute atomic E-state index is 0.340. The SMILES string of the molecule is CC(C)N1CCC(NC2CCN(C(C)(C)C)CC2)C1. The second-order valence-electron chi connectivity index (χ2n) is 7.67. The van der Waals surface area contributed by atoms with Crippen molar-refractivity contribution in [2.45, 2.75) is 77.5 Å². The Morgan fingerprint density at radius 1 is 0.947 bits per heavy atom. The predicted molar refractivity (Wildman–Crippen MR) is 82.6 cm³/mol. The first-order chi connectivity index (χ1) is 8.86. The quantitative estimate of drug-likeness (QED) is 0.846. The van der Waals surface area contributed by atoms with Crippen LogP contribution in [0.15, 0.2) is 0 Å². The van der Waals surface area contributed by atoms with Gasteiger partial charge in [-0.3, -0.25) is 9.80 Å². The van der Waals surface area contributed by atoms with Gasteiger partial charge >= 0.3 is 0 Å². The predicted octanol–water partition coefficient (Wildman–Crippen LogP) is 2.32. The Balaban J connectivity index is 1.72. The first kappa shape index (κ1) is 15.3. The fraction of sp³-hybridized carbons (Fsp3) is 1.00. The van der Waals surface area contributed by atoms with Crippen LogP contribution in [0.4, 0.5) is 0 Å². The molecule has 0 aromatic rings. The van der Waals surface area contributed by atoms with E-state index in [1.807, 2.05) is 0 Å². The fourth-order valence-electron chi connectivity index (χ4n) is 3.44. The lowest BCUT2D eigenvalue weighted by Crippen LogP contribution is -2.52. The average molecular weight is 267 g/mol. The van der Waals surface area contributed by atoms with Gasteiger partial charge in [0, 0.05) is 43.3 Å². The Kier molecular flexibility index (Phi) is 4.91. The second-order valence-corrected chi connectivity index (χ2v) is 7.67. The van der Waals surface area contributed by atoms with Crippen LogP contribution in [0, 0.1) is 0 Å². The van der Waals surface area contributed by atoms with E-state index < -0.39 is 0 Å². The minimum atomic E-state index is 0.340. The van der Waals surface area contributed by atoms with Gasteiger partial charge in [-0.05, 0) is 60.4 Å². The summed E-state index contributed by atoms with van der Waals surface area (Å²) in [4.78, 5) is 5.22. The zero-order chi connectivity index (χ0) is 14.0. The van der Waals surface area contributed by atoms with Crippen LogP contribution in [0.3, 0.4) is 0 Å². The van der Waals surface area contributed by atoms with Crippen LogP contribution in [-0.2, 0) is 0 Å². The van der Waals surface area contributed by atoms with Crippen LogP contribution in [0.25, 0.3) is 0 Å². The van der Waals surface area contributed by atoms with Gasteiger partial charge in [-0.2, -0.15) is 0 Å². The molecule has 2 aliphatic heterocycles. The number of likely N-dealkylation sites (tertiary alicyclic amines) is 2. The van der Waals surface area contributed by atoms with Gasteiger partial charge in [0.2, 0.25) is 0 Å². The molecule has 1 N–H and O–H groups in total. The standard InChI is InChI=1S/C16H33N3/c1-13(2)18-9-6-15(12-18)17-14-7-10-19(11-8-14)16(3,4)5/h13-15,17H,6-12H2,1-5H3. The molecule has 2 rings (SSSR count). The maximum absolute atomic E-state index is 3.91. The van der Waals surface area contributed by atoms with Gasteiger partial charge in [0.1, 0.15) is 0 Å². The zero-order valence-corrected chi connectivity index (χ0v) is 13.6. The lowest BCUT2D eigenvalue weighted by atomic mass is 9.97. The topological polar surface area (TPSA) is 18.5 Å². The van der Waals surface area contributed by atoms with E-state index in [0.29, 0.717) is 11.6 Å². The summed E-state index contributed by atoms with van der Waals surface area (Å²) in [6, 6.07) is 2.18. The number of nitrogens with one attached hydrogen (secondary N) is 1. The van der Waals surface area contributed by atoms with Crippen molar-refractivity contribution in [3.05, 3.63) is 0 Å². The Hall–Kier alpha value is -0.120. The van der Waals surface area contributed by atoms with E-state index >= 15 is 0 Å². The summed E-state index contributed by atoms with van der Waals surface area (Å²) in [5.74, 6) is 0. The van der Waals surface area contributed by atoms with Crippen LogP contribution in [0.1, 0.15) is 53.9 Å². The number of hydrogen-bond acceptors (Lipinski definition) is 3. The molecule has 19 heavy (non-hydrogen) atoms. The molecule has 3 heteroatoms. The summed E-state index contributed by atoms with van der Waals surface area (Å²) >= 11 is 0. The summed E-state index contributed by atoms with van der Waals surface area (Å²) < 4.78 is 0. The van der Waals surface area contributed by atoms with E-state index in [1.165, 1.54) is 45.4 Å². The van der Waals surface area contributed by atoms with Crippen molar-refractivity contribution in [1.29, 1.82) is 0 Å². The monoisotopic (exact) mass is 267 g/mol. The molecule has 0 aliphatic carbocycles. The van der Waals surface area contributed by atoms with Crippen LogP contribution in [0.2, 0.25) is 0 Å². The molecule has 0 aromatic carbocycles. The van der Waals surface area contributed by atoms with Gasteiger partial charge in [0.25, 0.3) is 0 Å². The minimum Gasteiger partial charge on any atom is -0.310 e. The molecule has 0 amide bonds. The maximum Gasteiger partial charge on any atom is 0.0209 e. The molecule has 0 radical (unpaired) electrons. The third-order valence-electron chi connectivity index (χ3n) is 4.87. The maximum atomic E-state index is 3.91. The van der Waals surface area contributed by atoms with Gasteiger partial charge in [-0.25, -0.2) is 0 Å². The molecule has 2 aliphatic rings. The molecule has 0 saturated carbocycles. The van der Waals surface area contributed by atoms with E-state index in [1.54, 1.807) is 0 Å². The van der Waals surface area contributed by atoms with E-state index in [9.17, 15) is 0 Å². The Labute approximate surface area is 119 Å². The van der Waals surface area contributed by atoms with Crippen LogP contribution in [0.5, 0.6) is 0 Å². The number of rotatable bonds is 3. The number of nitrogens with zero attached hydrogens (tertiary/aromatic N) is 2. The van der Waals surface area contributed by atoms with Crippen molar-refractivity contribution in [2.75, 3.05) is 26.2 Å². The highest BCUT2D eigenvalue weighted by molar-refractivity contribution is 4.89. The van der Waals surface area contributed by atoms with Gasteiger partial charge in [0.05, 0.1) is 0 Å². The smallest absolute Gasteiger partial charge is 0.0209 e. The van der Waals surface area contributed by atoms with Crippen molar-refractivity contribution in [1.82, 2.24) is 15.1 Å². The third-order valence-corrected chi connectivity index (χ3v) is 4.87. The zero-order valence-electron chi connectivity index (χ0n) is 13.6. The Morgan fingerprint density at radius 2 is 1.53 bits per heavy atom. The van der Waals surface area contributed by atoms with Crippen molar-refractivity contribution >= 4 is 0 Å². The molecule has 0 spiro atoms. The summed E-state index contributed by atoms with van der Waals surface area (Å²) in [6.45, 7) is 16.6. The highest BCUT2D eigenvalue weighted by Gasteiger charge is 2.30. The van der Waals surface area contributed by atoms with Crippen LogP contribution in [-0.4, -0.2) is 59.6 Å². The van der Waals surface area contributed by atoms with E-state index in [4.69, 9.17) is 0 Å². The van der Waals surface area contributed by atoms with Crippen molar-refractivity contribution < 1.29 is 0 Å². The normalized spacial score (nSPS) is 28.4. The van der Waals surface area contributed by atoms with Crippen LogP contribution >= 0.6 is 0 Å². The van der Waals surface area contributed by atoms with Gasteiger partial charge in [-0.1, -0.05) is 0 Å². The van der Waals surface area contributed by atoms with Crippen molar-refractivity contribution in [2.24, 2.45) is 0 Å². The summed E-state index contributed by atoms with van der Waals surface area (Å²) in [7, 11) is 0. The molecule has 0 bridgehead atoms. The van der Waals surface area contributed by atoms with Gasteiger partial charge < -0.3 is 5.32 Å². The van der Waals surface area contributed by atoms with E-state index in [0.717, 1.165) is 12.1 Å². The summed E-state index contributed by atoms with van der Waals surface area (Å²) in [6.07, 6.45) is 3.96. The van der Waals surface area contributed by atoms with E-state index in [2.05, 4.69) is 49.7 Å². The summed E-state index contributed by atoms with van der Waals surface area (Å²) in [5.41, 5.74) is 0.340. The molecule has 1 unspecified atom stereocenters. The Bertz CT molecular complexity index is 274. The molecule has 1 atom stereocenters. The molecule has 2 fully saturated rings. The third kappa shape index (κ3) is 4.17. The molecule has 2 saturated heterocycles. The molecule has 112 valence electrons. The highest BCUT2D eigenvalue weighted by Crippen LogP contribution is 2.21. The fourth-order valence-corrected chi connectivity index (χ4v) is 3.44. The summed E-state index contributed by atoms with van der Waals surface area (Å²) in [5, 5.41) is 3.91. The molecule has 2 heterocycles. The molecular formula is C16H33N3. The number of piperidine rings is 1.